The Bertz CT molecular complexity index is 2690. The minimum atomic E-state index is -0.280. The van der Waals surface area contributed by atoms with E-state index in [9.17, 15) is 0 Å². The summed E-state index contributed by atoms with van der Waals surface area (Å²) in [5, 5.41) is 3.73. The molecule has 0 bridgehead atoms. The number of hydrogen-bond donors (Lipinski definition) is 0. The number of fused-ring (bicyclic) bond motifs is 5. The van der Waals surface area contributed by atoms with Gasteiger partial charge in [-0.1, -0.05) is 141 Å². The third-order valence-electron chi connectivity index (χ3n) is 10.3. The average molecular weight is 673 g/mol. The summed E-state index contributed by atoms with van der Waals surface area (Å²) in [5.41, 5.74) is 11.6. The Hall–Kier alpha value is -6.17. The molecule has 4 nitrogen and oxygen atoms in total. The fourth-order valence-corrected chi connectivity index (χ4v) is 8.88. The summed E-state index contributed by atoms with van der Waals surface area (Å²) in [6.07, 6.45) is 0. The third kappa shape index (κ3) is 4.77. The van der Waals surface area contributed by atoms with Gasteiger partial charge in [-0.2, -0.15) is 0 Å². The molecule has 0 aliphatic carbocycles. The molecule has 3 aromatic heterocycles. The standard InChI is InChI=1S/C46H32N4S/c1-46(2)37-27-34(30-17-9-4-10-18-30)26-36-35-25-33(29-15-7-3-8-16-29)23-24-39(35)50(41(36)37)45-38(46)28-40(51-45)44-48-42(31-19-11-5-12-20-31)47-43(49-44)32-21-13-6-14-22-32/h3-28H,1-2H3. The monoisotopic (exact) mass is 672 g/mol. The Morgan fingerprint density at radius 3 is 1.55 bits per heavy atom. The molecule has 6 aromatic carbocycles. The van der Waals surface area contributed by atoms with Crippen LogP contribution < -0.4 is 0 Å². The fraction of sp³-hybridized carbons (Fsp3) is 0.0652. The van der Waals surface area contributed by atoms with Gasteiger partial charge in [-0.05, 0) is 63.7 Å². The quantitative estimate of drug-likeness (QED) is 0.183. The Morgan fingerprint density at radius 2 is 0.961 bits per heavy atom. The van der Waals surface area contributed by atoms with Crippen molar-refractivity contribution in [3.05, 3.63) is 169 Å². The first kappa shape index (κ1) is 29.7. The Labute approximate surface area is 300 Å². The molecule has 1 aliphatic heterocycles. The molecule has 10 rings (SSSR count). The molecule has 0 saturated heterocycles. The highest BCUT2D eigenvalue weighted by molar-refractivity contribution is 7.18. The Balaban J connectivity index is 1.24. The van der Waals surface area contributed by atoms with Crippen molar-refractivity contribution in [3.8, 4) is 60.7 Å². The van der Waals surface area contributed by atoms with Gasteiger partial charge < -0.3 is 4.57 Å². The molecule has 0 unspecified atom stereocenters. The molecule has 242 valence electrons. The van der Waals surface area contributed by atoms with Gasteiger partial charge in [-0.3, -0.25) is 0 Å². The molecule has 0 fully saturated rings. The maximum atomic E-state index is 5.12. The number of thiophene rings is 1. The first-order valence-corrected chi connectivity index (χ1v) is 18.1. The lowest BCUT2D eigenvalue weighted by Gasteiger charge is -2.32. The number of aromatic nitrogens is 4. The van der Waals surface area contributed by atoms with E-state index in [1.165, 1.54) is 60.2 Å². The SMILES string of the molecule is CC1(C)c2cc(-c3nc(-c4ccccc4)nc(-c4ccccc4)n3)sc2-n2c3ccc(-c4ccccc4)cc3c3cc(-c4ccccc4)cc1c32. The van der Waals surface area contributed by atoms with Crippen LogP contribution in [0, 0.1) is 0 Å². The molecule has 9 aromatic rings. The Morgan fingerprint density at radius 1 is 0.451 bits per heavy atom. The molecule has 4 heterocycles. The van der Waals surface area contributed by atoms with Crippen LogP contribution in [-0.4, -0.2) is 19.5 Å². The maximum absolute atomic E-state index is 5.12. The van der Waals surface area contributed by atoms with E-state index in [2.05, 4.69) is 140 Å². The van der Waals surface area contributed by atoms with Gasteiger partial charge in [0.1, 0.15) is 5.00 Å². The minimum absolute atomic E-state index is 0.280. The van der Waals surface area contributed by atoms with E-state index in [0.717, 1.165) is 16.0 Å². The van der Waals surface area contributed by atoms with Gasteiger partial charge in [0.25, 0.3) is 0 Å². The number of benzene rings is 6. The number of nitrogens with zero attached hydrogens (tertiary/aromatic N) is 4. The van der Waals surface area contributed by atoms with Gasteiger partial charge in [0.15, 0.2) is 17.5 Å². The maximum Gasteiger partial charge on any atom is 0.174 e. The van der Waals surface area contributed by atoms with Crippen molar-refractivity contribution in [2.24, 2.45) is 0 Å². The van der Waals surface area contributed by atoms with Crippen LogP contribution in [0.5, 0.6) is 0 Å². The molecule has 51 heavy (non-hydrogen) atoms. The van der Waals surface area contributed by atoms with Crippen LogP contribution in [0.4, 0.5) is 0 Å². The second-order valence-corrected chi connectivity index (χ2v) is 14.7. The van der Waals surface area contributed by atoms with Crippen LogP contribution in [0.25, 0.3) is 82.5 Å². The van der Waals surface area contributed by atoms with E-state index in [0.29, 0.717) is 17.5 Å². The van der Waals surface area contributed by atoms with Crippen molar-refractivity contribution in [3.63, 3.8) is 0 Å². The van der Waals surface area contributed by atoms with E-state index in [1.807, 2.05) is 36.4 Å². The largest absolute Gasteiger partial charge is 0.300 e. The van der Waals surface area contributed by atoms with Crippen molar-refractivity contribution in [2.75, 3.05) is 0 Å². The van der Waals surface area contributed by atoms with E-state index in [4.69, 9.17) is 15.0 Å². The molecule has 0 atom stereocenters. The topological polar surface area (TPSA) is 43.6 Å². The van der Waals surface area contributed by atoms with Gasteiger partial charge >= 0.3 is 0 Å². The minimum Gasteiger partial charge on any atom is -0.300 e. The zero-order chi connectivity index (χ0) is 34.1. The molecule has 0 N–H and O–H groups in total. The van der Waals surface area contributed by atoms with Crippen LogP contribution in [0.3, 0.4) is 0 Å². The molecule has 1 aliphatic rings. The van der Waals surface area contributed by atoms with Crippen molar-refractivity contribution in [2.45, 2.75) is 19.3 Å². The molecular weight excluding hydrogens is 641 g/mol. The number of hydrogen-bond acceptors (Lipinski definition) is 4. The van der Waals surface area contributed by atoms with Gasteiger partial charge in [0.2, 0.25) is 0 Å². The summed E-state index contributed by atoms with van der Waals surface area (Å²) >= 11 is 1.77. The second kappa shape index (κ2) is 11.4. The lowest BCUT2D eigenvalue weighted by molar-refractivity contribution is 0.635. The van der Waals surface area contributed by atoms with E-state index in [-0.39, 0.29) is 5.41 Å². The summed E-state index contributed by atoms with van der Waals surface area (Å²) in [4.78, 5) is 16.2. The smallest absolute Gasteiger partial charge is 0.174 e. The highest BCUT2D eigenvalue weighted by atomic mass is 32.1. The zero-order valence-corrected chi connectivity index (χ0v) is 29.0. The zero-order valence-electron chi connectivity index (χ0n) is 28.2. The predicted molar refractivity (Wildman–Crippen MR) is 211 cm³/mol. The van der Waals surface area contributed by atoms with Crippen LogP contribution >= 0.6 is 11.3 Å². The fourth-order valence-electron chi connectivity index (χ4n) is 7.61. The third-order valence-corrected chi connectivity index (χ3v) is 11.4. The summed E-state index contributed by atoms with van der Waals surface area (Å²) < 4.78 is 2.50. The van der Waals surface area contributed by atoms with Crippen molar-refractivity contribution < 1.29 is 0 Å². The van der Waals surface area contributed by atoms with Crippen molar-refractivity contribution >= 4 is 33.1 Å². The van der Waals surface area contributed by atoms with Gasteiger partial charge in [-0.25, -0.2) is 15.0 Å². The van der Waals surface area contributed by atoms with Gasteiger partial charge in [0.05, 0.1) is 15.9 Å². The van der Waals surface area contributed by atoms with Crippen LogP contribution in [-0.2, 0) is 5.41 Å². The Kier molecular flexibility index (Phi) is 6.67. The number of rotatable bonds is 5. The molecule has 5 heteroatoms. The van der Waals surface area contributed by atoms with Crippen LogP contribution in [0.2, 0.25) is 0 Å². The summed E-state index contributed by atoms with van der Waals surface area (Å²) in [5.74, 6) is 2.03. The highest BCUT2D eigenvalue weighted by Gasteiger charge is 2.38. The second-order valence-electron chi connectivity index (χ2n) is 13.7. The summed E-state index contributed by atoms with van der Waals surface area (Å²) in [7, 11) is 0. The lowest BCUT2D eigenvalue weighted by Crippen LogP contribution is -2.24. The van der Waals surface area contributed by atoms with E-state index in [1.54, 1.807) is 11.3 Å². The van der Waals surface area contributed by atoms with Crippen molar-refractivity contribution in [1.82, 2.24) is 19.5 Å². The highest BCUT2D eigenvalue weighted by Crippen LogP contribution is 2.53. The molecule has 0 saturated carbocycles. The summed E-state index contributed by atoms with van der Waals surface area (Å²) in [6.45, 7) is 4.72. The van der Waals surface area contributed by atoms with Crippen LogP contribution in [0.1, 0.15) is 25.0 Å². The first-order chi connectivity index (χ1) is 25.0. The van der Waals surface area contributed by atoms with E-state index >= 15 is 0 Å². The lowest BCUT2D eigenvalue weighted by atomic mass is 9.75. The predicted octanol–water partition coefficient (Wildman–Crippen LogP) is 12.0. The van der Waals surface area contributed by atoms with E-state index < -0.39 is 0 Å². The normalized spacial score (nSPS) is 13.1. The average Bonchev–Trinajstić information content (AvgIpc) is 3.79. The molecule has 0 spiro atoms. The molecular formula is C46H32N4S. The van der Waals surface area contributed by atoms with Gasteiger partial charge in [0, 0.05) is 27.3 Å². The molecule has 0 amide bonds. The summed E-state index contributed by atoms with van der Waals surface area (Å²) in [6, 6.07) is 55.9. The first-order valence-electron chi connectivity index (χ1n) is 17.3. The molecule has 0 radical (unpaired) electrons. The van der Waals surface area contributed by atoms with Crippen LogP contribution in [0.15, 0.2) is 158 Å². The van der Waals surface area contributed by atoms with Gasteiger partial charge in [-0.15, -0.1) is 11.3 Å². The van der Waals surface area contributed by atoms with Crippen molar-refractivity contribution in [1.29, 1.82) is 0 Å².